The Morgan fingerprint density at radius 1 is 1.19 bits per heavy atom. The summed E-state index contributed by atoms with van der Waals surface area (Å²) < 4.78 is 33.0. The molecule has 0 heterocycles. The standard InChI is InChI=1S/C15H25NO4S/c1-15(2,3)16-11-12-6-7-13(14(10-12)19-4)20-8-9-21(5,17)18/h6-7,10,16H,8-9,11H2,1-5H3. The van der Waals surface area contributed by atoms with E-state index < -0.39 is 9.84 Å². The van der Waals surface area contributed by atoms with Gasteiger partial charge in [0.2, 0.25) is 0 Å². The molecule has 0 spiro atoms. The van der Waals surface area contributed by atoms with Gasteiger partial charge < -0.3 is 14.8 Å². The van der Waals surface area contributed by atoms with Crippen LogP contribution in [0.3, 0.4) is 0 Å². The summed E-state index contributed by atoms with van der Waals surface area (Å²) in [5.41, 5.74) is 1.12. The molecule has 1 aromatic rings. The van der Waals surface area contributed by atoms with Gasteiger partial charge in [0.1, 0.15) is 6.61 Å². The van der Waals surface area contributed by atoms with E-state index in [4.69, 9.17) is 9.47 Å². The summed E-state index contributed by atoms with van der Waals surface area (Å²) in [5, 5.41) is 3.40. The molecule has 21 heavy (non-hydrogen) atoms. The van der Waals surface area contributed by atoms with Crippen molar-refractivity contribution >= 4 is 9.84 Å². The Hall–Kier alpha value is -1.27. The topological polar surface area (TPSA) is 64.6 Å². The van der Waals surface area contributed by atoms with E-state index in [2.05, 4.69) is 26.1 Å². The Morgan fingerprint density at radius 3 is 2.38 bits per heavy atom. The number of methoxy groups -OCH3 is 1. The molecule has 0 aromatic heterocycles. The van der Waals surface area contributed by atoms with Crippen LogP contribution in [-0.4, -0.2) is 39.7 Å². The fourth-order valence-corrected chi connectivity index (χ4v) is 2.00. The van der Waals surface area contributed by atoms with E-state index in [0.29, 0.717) is 11.5 Å². The van der Waals surface area contributed by atoms with Crippen LogP contribution < -0.4 is 14.8 Å². The summed E-state index contributed by atoms with van der Waals surface area (Å²) in [6, 6.07) is 5.65. The summed E-state index contributed by atoms with van der Waals surface area (Å²) in [6.45, 7) is 7.16. The zero-order valence-electron chi connectivity index (χ0n) is 13.4. The van der Waals surface area contributed by atoms with Crippen molar-refractivity contribution in [1.29, 1.82) is 0 Å². The Balaban J connectivity index is 2.70. The Labute approximate surface area is 127 Å². The van der Waals surface area contributed by atoms with Gasteiger partial charge in [0, 0.05) is 18.3 Å². The van der Waals surface area contributed by atoms with E-state index in [1.165, 1.54) is 6.26 Å². The van der Waals surface area contributed by atoms with E-state index in [1.54, 1.807) is 13.2 Å². The normalized spacial score (nSPS) is 12.2. The van der Waals surface area contributed by atoms with Crippen molar-refractivity contribution in [3.8, 4) is 11.5 Å². The van der Waals surface area contributed by atoms with Gasteiger partial charge in [0.15, 0.2) is 21.3 Å². The number of rotatable bonds is 7. The maximum atomic E-state index is 11.1. The lowest BCUT2D eigenvalue weighted by molar-refractivity contribution is 0.311. The van der Waals surface area contributed by atoms with Crippen LogP contribution in [-0.2, 0) is 16.4 Å². The van der Waals surface area contributed by atoms with Crippen molar-refractivity contribution in [2.75, 3.05) is 25.7 Å². The molecule has 0 atom stereocenters. The average Bonchev–Trinajstić information content (AvgIpc) is 2.35. The third-order valence-corrected chi connectivity index (χ3v) is 3.67. The highest BCUT2D eigenvalue weighted by molar-refractivity contribution is 7.90. The second kappa shape index (κ2) is 7.13. The predicted molar refractivity (Wildman–Crippen MR) is 84.8 cm³/mol. The van der Waals surface area contributed by atoms with Crippen LogP contribution in [0.25, 0.3) is 0 Å². The maximum Gasteiger partial charge on any atom is 0.161 e. The Kier molecular flexibility index (Phi) is 6.04. The third kappa shape index (κ3) is 7.34. The highest BCUT2D eigenvalue weighted by Gasteiger charge is 2.11. The van der Waals surface area contributed by atoms with Crippen LogP contribution in [0.4, 0.5) is 0 Å². The molecule has 0 saturated carbocycles. The van der Waals surface area contributed by atoms with Crippen LogP contribution in [0.5, 0.6) is 11.5 Å². The van der Waals surface area contributed by atoms with Crippen molar-refractivity contribution in [1.82, 2.24) is 5.32 Å². The molecule has 0 bridgehead atoms. The van der Waals surface area contributed by atoms with E-state index >= 15 is 0 Å². The molecular formula is C15H25NO4S. The second-order valence-corrected chi connectivity index (χ2v) is 8.33. The molecule has 0 radical (unpaired) electrons. The molecule has 1 N–H and O–H groups in total. The third-order valence-electron chi connectivity index (χ3n) is 2.76. The first-order chi connectivity index (χ1) is 9.61. The fraction of sp³-hybridized carbons (Fsp3) is 0.600. The molecule has 0 aliphatic carbocycles. The molecule has 6 heteroatoms. The molecule has 1 rings (SSSR count). The minimum atomic E-state index is -3.02. The summed E-state index contributed by atoms with van der Waals surface area (Å²) in [7, 11) is -1.45. The molecule has 0 amide bonds. The predicted octanol–water partition coefficient (Wildman–Crippen LogP) is 2.01. The van der Waals surface area contributed by atoms with Crippen LogP contribution in [0.1, 0.15) is 26.3 Å². The van der Waals surface area contributed by atoms with Gasteiger partial charge in [-0.25, -0.2) is 8.42 Å². The van der Waals surface area contributed by atoms with Crippen molar-refractivity contribution in [2.45, 2.75) is 32.9 Å². The summed E-state index contributed by atoms with van der Waals surface area (Å²) in [4.78, 5) is 0. The number of sulfone groups is 1. The number of hydrogen-bond donors (Lipinski definition) is 1. The second-order valence-electron chi connectivity index (χ2n) is 6.07. The first kappa shape index (κ1) is 17.8. The summed E-state index contributed by atoms with van der Waals surface area (Å²) in [5.74, 6) is 1.15. The molecule has 0 fully saturated rings. The van der Waals surface area contributed by atoms with E-state index in [1.807, 2.05) is 12.1 Å². The number of hydrogen-bond acceptors (Lipinski definition) is 5. The zero-order chi connectivity index (χ0) is 16.1. The minimum Gasteiger partial charge on any atom is -0.493 e. The van der Waals surface area contributed by atoms with E-state index in [0.717, 1.165) is 12.1 Å². The molecule has 0 aliphatic heterocycles. The lowest BCUT2D eigenvalue weighted by Gasteiger charge is -2.21. The van der Waals surface area contributed by atoms with Crippen LogP contribution in [0, 0.1) is 0 Å². The van der Waals surface area contributed by atoms with Gasteiger partial charge in [-0.15, -0.1) is 0 Å². The van der Waals surface area contributed by atoms with Crippen LogP contribution in [0.2, 0.25) is 0 Å². The largest absolute Gasteiger partial charge is 0.493 e. The van der Waals surface area contributed by atoms with Crippen LogP contribution in [0.15, 0.2) is 18.2 Å². The molecular weight excluding hydrogens is 290 g/mol. The van der Waals surface area contributed by atoms with Gasteiger partial charge in [0.05, 0.1) is 12.9 Å². The highest BCUT2D eigenvalue weighted by atomic mass is 32.2. The quantitative estimate of drug-likeness (QED) is 0.834. The minimum absolute atomic E-state index is 0.0104. The van der Waals surface area contributed by atoms with E-state index in [9.17, 15) is 8.42 Å². The van der Waals surface area contributed by atoms with Gasteiger partial charge in [-0.05, 0) is 38.5 Å². The highest BCUT2D eigenvalue weighted by Crippen LogP contribution is 2.28. The lowest BCUT2D eigenvalue weighted by Crippen LogP contribution is -2.35. The Morgan fingerprint density at radius 2 is 1.86 bits per heavy atom. The SMILES string of the molecule is COc1cc(CNC(C)(C)C)ccc1OCCS(C)(=O)=O. The first-order valence-corrected chi connectivity index (χ1v) is 8.89. The van der Waals surface area contributed by atoms with Gasteiger partial charge in [0.25, 0.3) is 0 Å². The van der Waals surface area contributed by atoms with Gasteiger partial charge >= 0.3 is 0 Å². The van der Waals surface area contributed by atoms with Crippen molar-refractivity contribution in [3.05, 3.63) is 23.8 Å². The van der Waals surface area contributed by atoms with E-state index in [-0.39, 0.29) is 17.9 Å². The molecule has 0 saturated heterocycles. The number of benzene rings is 1. The molecule has 5 nitrogen and oxygen atoms in total. The molecule has 0 aliphatic rings. The smallest absolute Gasteiger partial charge is 0.161 e. The summed E-state index contributed by atoms with van der Waals surface area (Å²) in [6.07, 6.45) is 1.19. The average molecular weight is 315 g/mol. The lowest BCUT2D eigenvalue weighted by atomic mass is 10.1. The fourth-order valence-electron chi connectivity index (χ4n) is 1.61. The Bertz CT molecular complexity index is 562. The van der Waals surface area contributed by atoms with Gasteiger partial charge in [-0.3, -0.25) is 0 Å². The maximum absolute atomic E-state index is 11.1. The molecule has 0 unspecified atom stereocenters. The molecule has 120 valence electrons. The van der Waals surface area contributed by atoms with Crippen LogP contribution >= 0.6 is 0 Å². The van der Waals surface area contributed by atoms with Crippen molar-refractivity contribution in [2.24, 2.45) is 0 Å². The monoisotopic (exact) mass is 315 g/mol. The van der Waals surface area contributed by atoms with Crippen molar-refractivity contribution in [3.63, 3.8) is 0 Å². The van der Waals surface area contributed by atoms with Gasteiger partial charge in [-0.1, -0.05) is 6.07 Å². The van der Waals surface area contributed by atoms with Crippen molar-refractivity contribution < 1.29 is 17.9 Å². The number of nitrogens with one attached hydrogen (secondary N) is 1. The number of ether oxygens (including phenoxy) is 2. The van der Waals surface area contributed by atoms with Gasteiger partial charge in [-0.2, -0.15) is 0 Å². The zero-order valence-corrected chi connectivity index (χ0v) is 14.2. The first-order valence-electron chi connectivity index (χ1n) is 6.83. The molecule has 1 aromatic carbocycles. The summed E-state index contributed by atoms with van der Waals surface area (Å²) >= 11 is 0.